The maximum atomic E-state index is 5.99. The van der Waals surface area contributed by atoms with Gasteiger partial charge >= 0.3 is 0 Å². The third-order valence-corrected chi connectivity index (χ3v) is 4.04. The van der Waals surface area contributed by atoms with Gasteiger partial charge in [0.2, 0.25) is 0 Å². The highest BCUT2D eigenvalue weighted by Crippen LogP contribution is 2.32. The van der Waals surface area contributed by atoms with Gasteiger partial charge in [-0.25, -0.2) is 0 Å². The summed E-state index contributed by atoms with van der Waals surface area (Å²) in [6, 6.07) is 6.11. The van der Waals surface area contributed by atoms with Gasteiger partial charge in [-0.15, -0.1) is 11.3 Å². The second-order valence-electron chi connectivity index (χ2n) is 3.57. The van der Waals surface area contributed by atoms with E-state index in [1.807, 2.05) is 17.4 Å². The molecule has 0 unspecified atom stereocenters. The Kier molecular flexibility index (Phi) is 3.29. The first-order chi connectivity index (χ1) is 7.22. The van der Waals surface area contributed by atoms with Gasteiger partial charge in [0.15, 0.2) is 0 Å². The second-order valence-corrected chi connectivity index (χ2v) is 5.14. The monoisotopic (exact) mass is 239 g/mol. The lowest BCUT2D eigenvalue weighted by Crippen LogP contribution is -2.11. The number of nitrogens with one attached hydrogen (secondary N) is 1. The standard InChI is InChI=1S/C12H14ClNS/c1-3-14-7-12-8(2)10-6-9(13)4-5-11(10)15-12/h4-6,14H,3,7H2,1-2H3. The predicted molar refractivity (Wildman–Crippen MR) is 69.0 cm³/mol. The molecule has 0 aliphatic heterocycles. The van der Waals surface area contributed by atoms with Crippen LogP contribution in [0.4, 0.5) is 0 Å². The van der Waals surface area contributed by atoms with Crippen LogP contribution in [0.25, 0.3) is 10.1 Å². The Morgan fingerprint density at radius 3 is 2.93 bits per heavy atom. The van der Waals surface area contributed by atoms with Crippen LogP contribution in [0.1, 0.15) is 17.4 Å². The number of aryl methyl sites for hydroxylation is 1. The van der Waals surface area contributed by atoms with Crippen molar-refractivity contribution in [1.29, 1.82) is 0 Å². The molecule has 0 saturated heterocycles. The average molecular weight is 240 g/mol. The molecule has 1 N–H and O–H groups in total. The molecule has 0 aliphatic carbocycles. The average Bonchev–Trinajstić information content (AvgIpc) is 2.53. The van der Waals surface area contributed by atoms with Crippen LogP contribution in [-0.2, 0) is 6.54 Å². The van der Waals surface area contributed by atoms with Crippen LogP contribution in [0.15, 0.2) is 18.2 Å². The topological polar surface area (TPSA) is 12.0 Å². The molecule has 2 aromatic rings. The van der Waals surface area contributed by atoms with Crippen LogP contribution in [0.3, 0.4) is 0 Å². The fourth-order valence-corrected chi connectivity index (χ4v) is 2.98. The van der Waals surface area contributed by atoms with Crippen molar-refractivity contribution in [2.75, 3.05) is 6.54 Å². The molecular weight excluding hydrogens is 226 g/mol. The quantitative estimate of drug-likeness (QED) is 0.855. The number of rotatable bonds is 3. The molecule has 0 atom stereocenters. The van der Waals surface area contributed by atoms with Gasteiger partial charge in [-0.2, -0.15) is 0 Å². The Balaban J connectivity index is 2.45. The summed E-state index contributed by atoms with van der Waals surface area (Å²) in [5.41, 5.74) is 1.36. The lowest BCUT2D eigenvalue weighted by atomic mass is 10.1. The maximum absolute atomic E-state index is 5.99. The molecule has 0 spiro atoms. The van der Waals surface area contributed by atoms with Crippen LogP contribution >= 0.6 is 22.9 Å². The van der Waals surface area contributed by atoms with E-state index in [4.69, 9.17) is 11.6 Å². The Hall–Kier alpha value is -0.570. The van der Waals surface area contributed by atoms with E-state index in [9.17, 15) is 0 Å². The lowest BCUT2D eigenvalue weighted by Gasteiger charge is -1.99. The number of hydrogen-bond donors (Lipinski definition) is 1. The van der Waals surface area contributed by atoms with Gasteiger partial charge in [0, 0.05) is 21.1 Å². The van der Waals surface area contributed by atoms with Crippen LogP contribution in [0.5, 0.6) is 0 Å². The summed E-state index contributed by atoms with van der Waals surface area (Å²) >= 11 is 7.84. The molecule has 0 aliphatic rings. The molecule has 1 nitrogen and oxygen atoms in total. The smallest absolute Gasteiger partial charge is 0.0413 e. The lowest BCUT2D eigenvalue weighted by molar-refractivity contribution is 0.733. The Morgan fingerprint density at radius 2 is 2.20 bits per heavy atom. The molecule has 15 heavy (non-hydrogen) atoms. The van der Waals surface area contributed by atoms with E-state index in [1.165, 1.54) is 20.5 Å². The first kappa shape index (κ1) is 10.9. The Bertz CT molecular complexity index is 476. The highest BCUT2D eigenvalue weighted by atomic mass is 35.5. The molecule has 0 fully saturated rings. The van der Waals surface area contributed by atoms with Gasteiger partial charge in [-0.3, -0.25) is 0 Å². The first-order valence-corrected chi connectivity index (χ1v) is 6.30. The van der Waals surface area contributed by atoms with Crippen molar-refractivity contribution in [2.24, 2.45) is 0 Å². The van der Waals surface area contributed by atoms with Crippen LogP contribution in [0.2, 0.25) is 5.02 Å². The molecular formula is C12H14ClNS. The molecule has 0 saturated carbocycles. The van der Waals surface area contributed by atoms with Gasteiger partial charge in [0.1, 0.15) is 0 Å². The fourth-order valence-electron chi connectivity index (χ4n) is 1.65. The largest absolute Gasteiger partial charge is 0.312 e. The van der Waals surface area contributed by atoms with Gasteiger partial charge in [0.05, 0.1) is 0 Å². The first-order valence-electron chi connectivity index (χ1n) is 5.10. The summed E-state index contributed by atoms with van der Waals surface area (Å²) < 4.78 is 1.32. The molecule has 1 heterocycles. The Labute approximate surface area is 99.1 Å². The van der Waals surface area contributed by atoms with Crippen molar-refractivity contribution in [3.05, 3.63) is 33.7 Å². The zero-order valence-electron chi connectivity index (χ0n) is 8.93. The highest BCUT2D eigenvalue weighted by Gasteiger charge is 2.07. The third-order valence-electron chi connectivity index (χ3n) is 2.53. The van der Waals surface area contributed by atoms with Crippen LogP contribution in [-0.4, -0.2) is 6.54 Å². The van der Waals surface area contributed by atoms with Gasteiger partial charge in [0.25, 0.3) is 0 Å². The highest BCUT2D eigenvalue weighted by molar-refractivity contribution is 7.19. The van der Waals surface area contributed by atoms with Crippen LogP contribution in [0, 0.1) is 6.92 Å². The maximum Gasteiger partial charge on any atom is 0.0413 e. The number of halogens is 1. The second kappa shape index (κ2) is 4.52. The molecule has 80 valence electrons. The van der Waals surface area contributed by atoms with Crippen molar-refractivity contribution in [3.8, 4) is 0 Å². The van der Waals surface area contributed by atoms with E-state index in [1.54, 1.807) is 0 Å². The van der Waals surface area contributed by atoms with Crippen molar-refractivity contribution in [3.63, 3.8) is 0 Å². The summed E-state index contributed by atoms with van der Waals surface area (Å²) in [6.45, 7) is 6.26. The van der Waals surface area contributed by atoms with Crippen LogP contribution < -0.4 is 5.32 Å². The molecule has 0 amide bonds. The number of hydrogen-bond acceptors (Lipinski definition) is 2. The van der Waals surface area contributed by atoms with E-state index < -0.39 is 0 Å². The number of thiophene rings is 1. The number of benzene rings is 1. The summed E-state index contributed by atoms with van der Waals surface area (Å²) in [5.74, 6) is 0. The van der Waals surface area contributed by atoms with Gasteiger partial charge < -0.3 is 5.32 Å². The van der Waals surface area contributed by atoms with Crippen molar-refractivity contribution in [2.45, 2.75) is 20.4 Å². The zero-order valence-corrected chi connectivity index (χ0v) is 10.5. The minimum atomic E-state index is 0.818. The van der Waals surface area contributed by atoms with E-state index in [0.29, 0.717) is 0 Å². The summed E-state index contributed by atoms with van der Waals surface area (Å²) in [4.78, 5) is 1.41. The van der Waals surface area contributed by atoms with E-state index in [2.05, 4.69) is 31.3 Å². The number of fused-ring (bicyclic) bond motifs is 1. The molecule has 1 aromatic heterocycles. The zero-order chi connectivity index (χ0) is 10.8. The minimum Gasteiger partial charge on any atom is -0.312 e. The minimum absolute atomic E-state index is 0.818. The van der Waals surface area contributed by atoms with Crippen molar-refractivity contribution < 1.29 is 0 Å². The van der Waals surface area contributed by atoms with Crippen molar-refractivity contribution in [1.82, 2.24) is 5.32 Å². The fraction of sp³-hybridized carbons (Fsp3) is 0.333. The third kappa shape index (κ3) is 2.17. The summed E-state index contributed by atoms with van der Waals surface area (Å²) in [6.07, 6.45) is 0. The SMILES string of the molecule is CCNCc1sc2ccc(Cl)cc2c1C. The van der Waals surface area contributed by atoms with E-state index in [-0.39, 0.29) is 0 Å². The molecule has 2 rings (SSSR count). The Morgan fingerprint density at radius 1 is 1.40 bits per heavy atom. The normalized spacial score (nSPS) is 11.1. The predicted octanol–water partition coefficient (Wildman–Crippen LogP) is 3.97. The van der Waals surface area contributed by atoms with Gasteiger partial charge in [-0.1, -0.05) is 18.5 Å². The molecule has 0 bridgehead atoms. The van der Waals surface area contributed by atoms with E-state index in [0.717, 1.165) is 18.1 Å². The summed E-state index contributed by atoms with van der Waals surface area (Å²) in [5, 5.41) is 5.47. The molecule has 1 aromatic carbocycles. The van der Waals surface area contributed by atoms with Gasteiger partial charge in [-0.05, 0) is 42.6 Å². The summed E-state index contributed by atoms with van der Waals surface area (Å²) in [7, 11) is 0. The van der Waals surface area contributed by atoms with E-state index >= 15 is 0 Å². The van der Waals surface area contributed by atoms with Crippen molar-refractivity contribution >= 4 is 33.0 Å². The molecule has 3 heteroatoms. The molecule has 0 radical (unpaired) electrons.